The highest BCUT2D eigenvalue weighted by Crippen LogP contribution is 2.23. The lowest BCUT2D eigenvalue weighted by Gasteiger charge is -2.17. The highest BCUT2D eigenvalue weighted by atomic mass is 32.1. The smallest absolute Gasteiger partial charge is 0.0466 e. The van der Waals surface area contributed by atoms with Crippen molar-refractivity contribution in [3.8, 4) is 0 Å². The second-order valence-electron chi connectivity index (χ2n) is 4.34. The van der Waals surface area contributed by atoms with Crippen LogP contribution in [0.2, 0.25) is 0 Å². The Morgan fingerprint density at radius 2 is 2.24 bits per heavy atom. The van der Waals surface area contributed by atoms with Gasteiger partial charge >= 0.3 is 0 Å². The predicted molar refractivity (Wildman–Crippen MR) is 75.8 cm³/mol. The van der Waals surface area contributed by atoms with Crippen LogP contribution in [-0.4, -0.2) is 19.8 Å². The number of hydrogen-bond acceptors (Lipinski definition) is 3. The van der Waals surface area contributed by atoms with Crippen LogP contribution >= 0.6 is 11.3 Å². The molecule has 1 atom stereocenters. The lowest BCUT2D eigenvalue weighted by Crippen LogP contribution is -2.22. The first-order valence-corrected chi connectivity index (χ1v) is 7.52. The molecule has 0 aromatic carbocycles. The van der Waals surface area contributed by atoms with Crippen LogP contribution in [0, 0.1) is 6.92 Å². The normalized spacial score (nSPS) is 12.9. The summed E-state index contributed by atoms with van der Waals surface area (Å²) in [7, 11) is 0. The van der Waals surface area contributed by atoms with Crippen LogP contribution in [0.15, 0.2) is 11.4 Å². The van der Waals surface area contributed by atoms with E-state index in [0.717, 1.165) is 32.6 Å². The fourth-order valence-electron chi connectivity index (χ4n) is 1.89. The van der Waals surface area contributed by atoms with E-state index in [0.29, 0.717) is 6.04 Å². The Labute approximate surface area is 109 Å². The Bertz CT molecular complexity index is 298. The molecular weight excluding hydrogens is 230 g/mol. The minimum Gasteiger partial charge on any atom is -0.382 e. The van der Waals surface area contributed by atoms with E-state index in [-0.39, 0.29) is 0 Å². The molecular formula is C14H25NOS. The van der Waals surface area contributed by atoms with Crippen LogP contribution in [0.3, 0.4) is 0 Å². The topological polar surface area (TPSA) is 21.3 Å². The average Bonchev–Trinajstić information content (AvgIpc) is 2.75. The Morgan fingerprint density at radius 3 is 2.82 bits per heavy atom. The highest BCUT2D eigenvalue weighted by Gasteiger charge is 2.11. The SMILES string of the molecule is CCCNC(CCCOCC)c1csc(C)c1. The summed E-state index contributed by atoms with van der Waals surface area (Å²) in [6.07, 6.45) is 3.48. The maximum absolute atomic E-state index is 5.40. The van der Waals surface area contributed by atoms with Crippen LogP contribution in [0.1, 0.15) is 49.6 Å². The van der Waals surface area contributed by atoms with Gasteiger partial charge in [0.15, 0.2) is 0 Å². The third kappa shape index (κ3) is 5.66. The van der Waals surface area contributed by atoms with Crippen molar-refractivity contribution >= 4 is 11.3 Å². The van der Waals surface area contributed by atoms with Crippen LogP contribution in [-0.2, 0) is 4.74 Å². The first-order chi connectivity index (χ1) is 8.27. The molecule has 0 aliphatic carbocycles. The third-order valence-electron chi connectivity index (χ3n) is 2.78. The number of ether oxygens (including phenoxy) is 1. The second kappa shape index (κ2) is 8.67. The zero-order valence-electron chi connectivity index (χ0n) is 11.3. The molecule has 1 rings (SSSR count). The summed E-state index contributed by atoms with van der Waals surface area (Å²) in [5.41, 5.74) is 1.44. The molecule has 3 heteroatoms. The summed E-state index contributed by atoms with van der Waals surface area (Å²) in [6, 6.07) is 2.80. The van der Waals surface area contributed by atoms with Crippen molar-refractivity contribution in [1.29, 1.82) is 0 Å². The van der Waals surface area contributed by atoms with Gasteiger partial charge in [-0.1, -0.05) is 6.92 Å². The Morgan fingerprint density at radius 1 is 1.41 bits per heavy atom. The van der Waals surface area contributed by atoms with Crippen molar-refractivity contribution in [2.24, 2.45) is 0 Å². The van der Waals surface area contributed by atoms with Crippen molar-refractivity contribution in [2.45, 2.75) is 46.1 Å². The van der Waals surface area contributed by atoms with Crippen molar-refractivity contribution in [1.82, 2.24) is 5.32 Å². The van der Waals surface area contributed by atoms with Gasteiger partial charge in [-0.2, -0.15) is 0 Å². The lowest BCUT2D eigenvalue weighted by molar-refractivity contribution is 0.141. The van der Waals surface area contributed by atoms with Crippen molar-refractivity contribution < 1.29 is 4.74 Å². The van der Waals surface area contributed by atoms with Crippen LogP contribution in [0.25, 0.3) is 0 Å². The van der Waals surface area contributed by atoms with E-state index < -0.39 is 0 Å². The molecule has 1 aromatic rings. The average molecular weight is 255 g/mol. The maximum Gasteiger partial charge on any atom is 0.0466 e. The number of hydrogen-bond donors (Lipinski definition) is 1. The van der Waals surface area contributed by atoms with Gasteiger partial charge in [0.05, 0.1) is 0 Å². The quantitative estimate of drug-likeness (QED) is 0.675. The molecule has 17 heavy (non-hydrogen) atoms. The molecule has 1 heterocycles. The minimum absolute atomic E-state index is 0.500. The zero-order valence-corrected chi connectivity index (χ0v) is 12.1. The summed E-state index contributed by atoms with van der Waals surface area (Å²) >= 11 is 1.84. The molecule has 1 N–H and O–H groups in total. The van der Waals surface area contributed by atoms with Gasteiger partial charge in [-0.3, -0.25) is 0 Å². The van der Waals surface area contributed by atoms with Crippen LogP contribution in [0.4, 0.5) is 0 Å². The van der Waals surface area contributed by atoms with Gasteiger partial charge in [0, 0.05) is 24.1 Å². The standard InChI is InChI=1S/C14H25NOS/c1-4-8-15-14(7-6-9-16-5-2)13-10-12(3)17-11-13/h10-11,14-15H,4-9H2,1-3H3. The minimum atomic E-state index is 0.500. The predicted octanol–water partition coefficient (Wildman–Crippen LogP) is 3.91. The largest absolute Gasteiger partial charge is 0.382 e. The first kappa shape index (κ1) is 14.7. The molecule has 98 valence electrons. The summed E-state index contributed by atoms with van der Waals surface area (Å²) in [4.78, 5) is 1.40. The van der Waals surface area contributed by atoms with Gasteiger partial charge < -0.3 is 10.1 Å². The van der Waals surface area contributed by atoms with Gasteiger partial charge in [0.25, 0.3) is 0 Å². The number of thiophene rings is 1. The van der Waals surface area contributed by atoms with Gasteiger partial charge in [-0.05, 0) is 56.7 Å². The molecule has 0 fully saturated rings. The van der Waals surface area contributed by atoms with E-state index in [2.05, 4.69) is 37.5 Å². The molecule has 0 aliphatic rings. The van der Waals surface area contributed by atoms with Crippen molar-refractivity contribution in [2.75, 3.05) is 19.8 Å². The zero-order chi connectivity index (χ0) is 12.5. The molecule has 0 saturated carbocycles. The molecule has 1 aromatic heterocycles. The summed E-state index contributed by atoms with van der Waals surface area (Å²) in [5.74, 6) is 0. The number of aryl methyl sites for hydroxylation is 1. The number of nitrogens with one attached hydrogen (secondary N) is 1. The lowest BCUT2D eigenvalue weighted by atomic mass is 10.0. The number of rotatable bonds is 9. The van der Waals surface area contributed by atoms with Gasteiger partial charge in [0.1, 0.15) is 0 Å². The van der Waals surface area contributed by atoms with Crippen LogP contribution in [0.5, 0.6) is 0 Å². The van der Waals surface area contributed by atoms with E-state index >= 15 is 0 Å². The summed E-state index contributed by atoms with van der Waals surface area (Å²) < 4.78 is 5.40. The van der Waals surface area contributed by atoms with Crippen molar-refractivity contribution in [3.05, 3.63) is 21.9 Å². The molecule has 1 unspecified atom stereocenters. The Balaban J connectivity index is 2.42. The van der Waals surface area contributed by atoms with E-state index in [1.165, 1.54) is 16.9 Å². The van der Waals surface area contributed by atoms with E-state index in [1.807, 2.05) is 11.3 Å². The van der Waals surface area contributed by atoms with E-state index in [1.54, 1.807) is 0 Å². The molecule has 0 amide bonds. The Kier molecular flexibility index (Phi) is 7.49. The molecule has 0 radical (unpaired) electrons. The fourth-order valence-corrected chi connectivity index (χ4v) is 2.64. The fraction of sp³-hybridized carbons (Fsp3) is 0.714. The van der Waals surface area contributed by atoms with Gasteiger partial charge in [-0.25, -0.2) is 0 Å². The van der Waals surface area contributed by atoms with E-state index in [4.69, 9.17) is 4.74 Å². The summed E-state index contributed by atoms with van der Waals surface area (Å²) in [6.45, 7) is 9.23. The molecule has 0 spiro atoms. The Hall–Kier alpha value is -0.380. The highest BCUT2D eigenvalue weighted by molar-refractivity contribution is 7.10. The molecule has 0 saturated heterocycles. The maximum atomic E-state index is 5.40. The van der Waals surface area contributed by atoms with Crippen molar-refractivity contribution in [3.63, 3.8) is 0 Å². The van der Waals surface area contributed by atoms with Crippen LogP contribution < -0.4 is 5.32 Å². The summed E-state index contributed by atoms with van der Waals surface area (Å²) in [5, 5.41) is 5.91. The van der Waals surface area contributed by atoms with E-state index in [9.17, 15) is 0 Å². The van der Waals surface area contributed by atoms with Gasteiger partial charge in [-0.15, -0.1) is 11.3 Å². The molecule has 2 nitrogen and oxygen atoms in total. The van der Waals surface area contributed by atoms with Gasteiger partial charge in [0.2, 0.25) is 0 Å². The first-order valence-electron chi connectivity index (χ1n) is 6.64. The monoisotopic (exact) mass is 255 g/mol. The third-order valence-corrected chi connectivity index (χ3v) is 3.66. The second-order valence-corrected chi connectivity index (χ2v) is 5.45. The molecule has 0 aliphatic heterocycles. The molecule has 0 bridgehead atoms.